The van der Waals surface area contributed by atoms with Crippen LogP contribution in [0.25, 0.3) is 0 Å². The van der Waals surface area contributed by atoms with E-state index in [1.54, 1.807) is 6.07 Å². The van der Waals surface area contributed by atoms with Gasteiger partial charge in [0.1, 0.15) is 5.82 Å². The minimum absolute atomic E-state index is 0.0638. The number of rotatable bonds is 4. The molecule has 0 radical (unpaired) electrons. The first-order chi connectivity index (χ1) is 8.61. The second-order valence-corrected chi connectivity index (χ2v) is 5.45. The van der Waals surface area contributed by atoms with Gasteiger partial charge in [0.2, 0.25) is 0 Å². The van der Waals surface area contributed by atoms with Crippen molar-refractivity contribution in [3.05, 3.63) is 34.6 Å². The number of nitrogens with one attached hydrogen (secondary N) is 1. The van der Waals surface area contributed by atoms with Crippen molar-refractivity contribution in [1.82, 2.24) is 5.32 Å². The molecule has 0 aliphatic heterocycles. The second kappa shape index (κ2) is 6.00. The van der Waals surface area contributed by atoms with E-state index in [0.717, 1.165) is 24.8 Å². The minimum Gasteiger partial charge on any atom is -0.396 e. The van der Waals surface area contributed by atoms with Crippen LogP contribution in [0, 0.1) is 11.7 Å². The molecule has 3 unspecified atom stereocenters. The average molecular weight is 272 g/mol. The van der Waals surface area contributed by atoms with Gasteiger partial charge in [0.25, 0.3) is 0 Å². The summed E-state index contributed by atoms with van der Waals surface area (Å²) in [6.07, 6.45) is 3.28. The Balaban J connectivity index is 2.02. The van der Waals surface area contributed by atoms with Gasteiger partial charge in [-0.2, -0.15) is 0 Å². The highest BCUT2D eigenvalue weighted by Crippen LogP contribution is 2.28. The summed E-state index contributed by atoms with van der Waals surface area (Å²) in [6, 6.07) is 5.29. The lowest BCUT2D eigenvalue weighted by molar-refractivity contribution is 0.200. The van der Waals surface area contributed by atoms with Crippen molar-refractivity contribution >= 4 is 11.6 Å². The molecule has 0 spiro atoms. The predicted molar refractivity (Wildman–Crippen MR) is 71.2 cm³/mol. The zero-order valence-electron chi connectivity index (χ0n) is 10.5. The number of benzene rings is 1. The Hall–Kier alpha value is -0.640. The van der Waals surface area contributed by atoms with Crippen LogP contribution >= 0.6 is 11.6 Å². The Morgan fingerprint density at radius 1 is 1.50 bits per heavy atom. The molecule has 0 amide bonds. The van der Waals surface area contributed by atoms with Crippen molar-refractivity contribution in [2.45, 2.75) is 38.3 Å². The Morgan fingerprint density at radius 2 is 2.28 bits per heavy atom. The number of halogens is 2. The topological polar surface area (TPSA) is 32.3 Å². The molecule has 100 valence electrons. The van der Waals surface area contributed by atoms with Gasteiger partial charge < -0.3 is 10.4 Å². The van der Waals surface area contributed by atoms with Gasteiger partial charge in [0.05, 0.1) is 5.02 Å². The van der Waals surface area contributed by atoms with E-state index in [2.05, 4.69) is 5.32 Å². The molecule has 1 fully saturated rings. The minimum atomic E-state index is -0.382. The summed E-state index contributed by atoms with van der Waals surface area (Å²) in [6.45, 7) is 2.23. The molecule has 18 heavy (non-hydrogen) atoms. The van der Waals surface area contributed by atoms with Crippen LogP contribution in [0.5, 0.6) is 0 Å². The van der Waals surface area contributed by atoms with Crippen molar-refractivity contribution in [3.8, 4) is 0 Å². The molecule has 4 heteroatoms. The van der Waals surface area contributed by atoms with Gasteiger partial charge in [0.15, 0.2) is 0 Å². The summed E-state index contributed by atoms with van der Waals surface area (Å²) in [5.41, 5.74) is 0.889. The largest absolute Gasteiger partial charge is 0.396 e. The van der Waals surface area contributed by atoms with E-state index in [0.29, 0.717) is 12.0 Å². The van der Waals surface area contributed by atoms with Gasteiger partial charge in [0, 0.05) is 18.7 Å². The van der Waals surface area contributed by atoms with Crippen LogP contribution in [0.3, 0.4) is 0 Å². The maximum atomic E-state index is 13.4. The fourth-order valence-electron chi connectivity index (χ4n) is 2.67. The Morgan fingerprint density at radius 3 is 2.94 bits per heavy atom. The van der Waals surface area contributed by atoms with Crippen LogP contribution in [-0.2, 0) is 0 Å². The highest BCUT2D eigenvalue weighted by molar-refractivity contribution is 6.30. The van der Waals surface area contributed by atoms with E-state index in [1.807, 2.05) is 13.0 Å². The smallest absolute Gasteiger partial charge is 0.142 e. The molecule has 2 N–H and O–H groups in total. The van der Waals surface area contributed by atoms with E-state index < -0.39 is 0 Å². The second-order valence-electron chi connectivity index (χ2n) is 5.04. The first-order valence-electron chi connectivity index (χ1n) is 6.43. The lowest BCUT2D eigenvalue weighted by Crippen LogP contribution is -2.35. The summed E-state index contributed by atoms with van der Waals surface area (Å²) in [5.74, 6) is -0.0578. The van der Waals surface area contributed by atoms with Crippen molar-refractivity contribution in [3.63, 3.8) is 0 Å². The molecular formula is C14H19ClFNO. The monoisotopic (exact) mass is 271 g/mol. The molecule has 3 atom stereocenters. The van der Waals surface area contributed by atoms with Gasteiger partial charge in [-0.25, -0.2) is 4.39 Å². The highest BCUT2D eigenvalue weighted by Gasteiger charge is 2.27. The van der Waals surface area contributed by atoms with Gasteiger partial charge in [-0.15, -0.1) is 0 Å². The van der Waals surface area contributed by atoms with Crippen LogP contribution in [0.1, 0.15) is 37.8 Å². The third-order valence-corrected chi connectivity index (χ3v) is 4.11. The van der Waals surface area contributed by atoms with Crippen molar-refractivity contribution in [1.29, 1.82) is 0 Å². The quantitative estimate of drug-likeness (QED) is 0.881. The predicted octanol–water partition coefficient (Wildman–Crippen LogP) is 3.29. The zero-order valence-corrected chi connectivity index (χ0v) is 11.3. The Labute approximate surface area is 112 Å². The van der Waals surface area contributed by atoms with Gasteiger partial charge in [-0.3, -0.25) is 0 Å². The molecule has 1 aromatic rings. The molecule has 0 aromatic heterocycles. The average Bonchev–Trinajstić information content (AvgIpc) is 2.79. The summed E-state index contributed by atoms with van der Waals surface area (Å²) >= 11 is 5.67. The lowest BCUT2D eigenvalue weighted by atomic mass is 10.0. The van der Waals surface area contributed by atoms with E-state index in [1.165, 1.54) is 6.07 Å². The van der Waals surface area contributed by atoms with Crippen LogP contribution < -0.4 is 5.32 Å². The number of hydrogen-bond acceptors (Lipinski definition) is 2. The maximum Gasteiger partial charge on any atom is 0.142 e. The number of hydrogen-bond donors (Lipinski definition) is 2. The molecule has 2 rings (SSSR count). The molecule has 0 heterocycles. The van der Waals surface area contributed by atoms with E-state index in [4.69, 9.17) is 11.6 Å². The Kier molecular flexibility index (Phi) is 4.60. The molecule has 1 aliphatic rings. The Bertz CT molecular complexity index is 413. The summed E-state index contributed by atoms with van der Waals surface area (Å²) in [7, 11) is 0. The SMILES string of the molecule is CC(NC1CCCC1CO)c1ccc(Cl)c(F)c1. The molecule has 0 bridgehead atoms. The zero-order chi connectivity index (χ0) is 13.1. The van der Waals surface area contributed by atoms with Crippen molar-refractivity contribution < 1.29 is 9.50 Å². The standard InChI is InChI=1S/C14H19ClFNO/c1-9(10-5-6-12(15)13(16)7-10)17-14-4-2-3-11(14)8-18/h5-7,9,11,14,17-18H,2-4,8H2,1H3. The van der Waals surface area contributed by atoms with E-state index in [-0.39, 0.29) is 23.5 Å². The van der Waals surface area contributed by atoms with Gasteiger partial charge in [-0.05, 0) is 43.4 Å². The summed E-state index contributed by atoms with van der Waals surface area (Å²) in [4.78, 5) is 0. The third-order valence-electron chi connectivity index (χ3n) is 3.80. The highest BCUT2D eigenvalue weighted by atomic mass is 35.5. The molecular weight excluding hydrogens is 253 g/mol. The molecule has 0 saturated heterocycles. The van der Waals surface area contributed by atoms with Crippen LogP contribution in [0.15, 0.2) is 18.2 Å². The van der Waals surface area contributed by atoms with Gasteiger partial charge >= 0.3 is 0 Å². The van der Waals surface area contributed by atoms with Crippen LogP contribution in [0.4, 0.5) is 4.39 Å². The maximum absolute atomic E-state index is 13.4. The molecule has 2 nitrogen and oxygen atoms in total. The van der Waals surface area contributed by atoms with Crippen LogP contribution in [0.2, 0.25) is 5.02 Å². The normalized spacial score (nSPS) is 25.3. The first-order valence-corrected chi connectivity index (χ1v) is 6.81. The van der Waals surface area contributed by atoms with Gasteiger partial charge in [-0.1, -0.05) is 24.1 Å². The van der Waals surface area contributed by atoms with E-state index >= 15 is 0 Å². The molecule has 1 aliphatic carbocycles. The summed E-state index contributed by atoms with van der Waals surface area (Å²) in [5, 5.41) is 12.9. The fourth-order valence-corrected chi connectivity index (χ4v) is 2.79. The lowest BCUT2D eigenvalue weighted by Gasteiger charge is -2.24. The van der Waals surface area contributed by atoms with Crippen LogP contribution in [-0.4, -0.2) is 17.8 Å². The third kappa shape index (κ3) is 3.02. The van der Waals surface area contributed by atoms with Crippen molar-refractivity contribution in [2.75, 3.05) is 6.61 Å². The summed E-state index contributed by atoms with van der Waals surface area (Å²) < 4.78 is 13.4. The number of aliphatic hydroxyl groups excluding tert-OH is 1. The van der Waals surface area contributed by atoms with Crippen molar-refractivity contribution in [2.24, 2.45) is 5.92 Å². The van der Waals surface area contributed by atoms with E-state index in [9.17, 15) is 9.50 Å². The fraction of sp³-hybridized carbons (Fsp3) is 0.571. The first kappa shape index (κ1) is 13.8. The molecule has 1 saturated carbocycles. The molecule has 1 aromatic carbocycles. The number of aliphatic hydroxyl groups is 1.